The molecular formula is C21H23NSi. The van der Waals surface area contributed by atoms with Gasteiger partial charge in [0.2, 0.25) is 0 Å². The Morgan fingerprint density at radius 1 is 0.652 bits per heavy atom. The normalized spacial score (nSPS) is 11.3. The number of anilines is 2. The van der Waals surface area contributed by atoms with Crippen LogP contribution in [0, 0.1) is 0 Å². The van der Waals surface area contributed by atoms with Gasteiger partial charge in [0.05, 0.1) is 8.07 Å². The zero-order valence-electron chi connectivity index (χ0n) is 14.0. The summed E-state index contributed by atoms with van der Waals surface area (Å²) in [6.45, 7) is 7.13. The predicted molar refractivity (Wildman–Crippen MR) is 105 cm³/mol. The average Bonchev–Trinajstić information content (AvgIpc) is 2.56. The summed E-state index contributed by atoms with van der Waals surface area (Å²) in [6.07, 6.45) is 0. The monoisotopic (exact) mass is 317 g/mol. The maximum atomic E-state index is 3.57. The van der Waals surface area contributed by atoms with E-state index in [1.165, 1.54) is 16.3 Å². The summed E-state index contributed by atoms with van der Waals surface area (Å²) in [5.74, 6) is 0. The summed E-state index contributed by atoms with van der Waals surface area (Å²) < 4.78 is 0. The van der Waals surface area contributed by atoms with Crippen LogP contribution in [0.15, 0.2) is 78.9 Å². The van der Waals surface area contributed by atoms with Gasteiger partial charge in [-0.3, -0.25) is 0 Å². The van der Waals surface area contributed by atoms with Crippen LogP contribution in [0.4, 0.5) is 11.4 Å². The van der Waals surface area contributed by atoms with Gasteiger partial charge in [0, 0.05) is 16.9 Å². The van der Waals surface area contributed by atoms with Crippen molar-refractivity contribution in [2.75, 3.05) is 5.32 Å². The van der Waals surface area contributed by atoms with E-state index in [2.05, 4.69) is 104 Å². The molecule has 0 spiro atoms. The molecule has 3 rings (SSSR count). The first-order valence-corrected chi connectivity index (χ1v) is 11.6. The van der Waals surface area contributed by atoms with Gasteiger partial charge >= 0.3 is 0 Å². The van der Waals surface area contributed by atoms with Gasteiger partial charge in [-0.1, -0.05) is 85.5 Å². The first kappa shape index (κ1) is 15.6. The largest absolute Gasteiger partial charge is 0.355 e. The Hall–Kier alpha value is -2.32. The first-order valence-electron chi connectivity index (χ1n) is 8.06. The summed E-state index contributed by atoms with van der Waals surface area (Å²) in [6, 6.07) is 27.9. The Morgan fingerprint density at radius 3 is 1.91 bits per heavy atom. The van der Waals surface area contributed by atoms with E-state index in [0.29, 0.717) is 0 Å². The molecule has 0 amide bonds. The molecule has 0 saturated heterocycles. The number of para-hydroxylation sites is 1. The highest BCUT2D eigenvalue weighted by Crippen LogP contribution is 2.29. The van der Waals surface area contributed by atoms with Crippen molar-refractivity contribution in [2.24, 2.45) is 0 Å². The van der Waals surface area contributed by atoms with E-state index >= 15 is 0 Å². The lowest BCUT2D eigenvalue weighted by molar-refractivity contribution is 1.53. The zero-order chi connectivity index (χ0) is 16.3. The van der Waals surface area contributed by atoms with Gasteiger partial charge < -0.3 is 5.32 Å². The lowest BCUT2D eigenvalue weighted by Gasteiger charge is -2.18. The highest BCUT2D eigenvalue weighted by Gasteiger charge is 2.15. The molecule has 3 aromatic rings. The molecule has 0 unspecified atom stereocenters. The van der Waals surface area contributed by atoms with E-state index in [-0.39, 0.29) is 0 Å². The molecule has 23 heavy (non-hydrogen) atoms. The van der Waals surface area contributed by atoms with E-state index in [4.69, 9.17) is 0 Å². The molecular weight excluding hydrogens is 294 g/mol. The molecule has 0 fully saturated rings. The first-order chi connectivity index (χ1) is 11.0. The second-order valence-electron chi connectivity index (χ2n) is 6.86. The Labute approximate surface area is 140 Å². The fourth-order valence-electron chi connectivity index (χ4n) is 2.67. The molecule has 0 radical (unpaired) electrons. The van der Waals surface area contributed by atoms with Gasteiger partial charge in [-0.05, 0) is 23.8 Å². The minimum Gasteiger partial charge on any atom is -0.355 e. The minimum atomic E-state index is -1.24. The Kier molecular flexibility index (Phi) is 4.35. The summed E-state index contributed by atoms with van der Waals surface area (Å²) in [4.78, 5) is 0. The summed E-state index contributed by atoms with van der Waals surface area (Å²) >= 11 is 0. The zero-order valence-corrected chi connectivity index (χ0v) is 15.0. The van der Waals surface area contributed by atoms with Crippen LogP contribution in [-0.2, 0) is 0 Å². The number of hydrogen-bond acceptors (Lipinski definition) is 1. The van der Waals surface area contributed by atoms with Crippen molar-refractivity contribution >= 4 is 24.6 Å². The van der Waals surface area contributed by atoms with Crippen LogP contribution in [0.1, 0.15) is 0 Å². The molecule has 2 heteroatoms. The van der Waals surface area contributed by atoms with E-state index in [0.717, 1.165) is 11.4 Å². The second kappa shape index (κ2) is 6.43. The van der Waals surface area contributed by atoms with Gasteiger partial charge in [0.1, 0.15) is 0 Å². The smallest absolute Gasteiger partial charge is 0.0775 e. The highest BCUT2D eigenvalue weighted by atomic mass is 28.3. The predicted octanol–water partition coefficient (Wildman–Crippen LogP) is 5.64. The second-order valence-corrected chi connectivity index (χ2v) is 11.9. The molecule has 0 saturated carbocycles. The maximum Gasteiger partial charge on any atom is 0.0775 e. The fraction of sp³-hybridized carbons (Fsp3) is 0.143. The van der Waals surface area contributed by atoms with E-state index in [9.17, 15) is 0 Å². The van der Waals surface area contributed by atoms with Crippen LogP contribution < -0.4 is 10.5 Å². The van der Waals surface area contributed by atoms with Gasteiger partial charge in [-0.25, -0.2) is 0 Å². The molecule has 0 atom stereocenters. The molecule has 0 aliphatic carbocycles. The molecule has 0 aromatic heterocycles. The van der Waals surface area contributed by atoms with Crippen LogP contribution in [0.3, 0.4) is 0 Å². The van der Waals surface area contributed by atoms with Crippen molar-refractivity contribution in [1.82, 2.24) is 0 Å². The van der Waals surface area contributed by atoms with Gasteiger partial charge in [0.25, 0.3) is 0 Å². The fourth-order valence-corrected chi connectivity index (χ4v) is 3.84. The van der Waals surface area contributed by atoms with Crippen molar-refractivity contribution in [3.05, 3.63) is 78.9 Å². The Balaban J connectivity index is 1.89. The van der Waals surface area contributed by atoms with E-state index in [1.807, 2.05) is 0 Å². The van der Waals surface area contributed by atoms with Crippen molar-refractivity contribution in [1.29, 1.82) is 0 Å². The summed E-state index contributed by atoms with van der Waals surface area (Å²) in [5.41, 5.74) is 4.73. The lowest BCUT2D eigenvalue weighted by Crippen LogP contribution is -2.37. The van der Waals surface area contributed by atoms with Crippen LogP contribution in [0.25, 0.3) is 11.1 Å². The van der Waals surface area contributed by atoms with Crippen molar-refractivity contribution < 1.29 is 0 Å². The maximum absolute atomic E-state index is 3.57. The summed E-state index contributed by atoms with van der Waals surface area (Å²) in [7, 11) is -1.24. The number of benzene rings is 3. The standard InChI is InChI=1S/C21H23NSi/c1-23(2,3)19-15-13-18(14-16-19)22-21-12-8-7-11-20(21)17-9-5-4-6-10-17/h4-16,22H,1-3H3. The SMILES string of the molecule is C[Si](C)(C)c1ccc(Nc2ccccc2-c2ccccc2)cc1. The number of rotatable bonds is 4. The van der Waals surface area contributed by atoms with E-state index in [1.54, 1.807) is 0 Å². The van der Waals surface area contributed by atoms with E-state index < -0.39 is 8.07 Å². The third-order valence-electron chi connectivity index (χ3n) is 4.04. The van der Waals surface area contributed by atoms with Crippen LogP contribution in [0.2, 0.25) is 19.6 Å². The quantitative estimate of drug-likeness (QED) is 0.614. The molecule has 1 N–H and O–H groups in total. The topological polar surface area (TPSA) is 12.0 Å². The third-order valence-corrected chi connectivity index (χ3v) is 6.11. The molecule has 3 aromatic carbocycles. The molecule has 0 heterocycles. The molecule has 1 nitrogen and oxygen atoms in total. The highest BCUT2D eigenvalue weighted by molar-refractivity contribution is 6.88. The molecule has 0 aliphatic heterocycles. The minimum absolute atomic E-state index is 1.13. The van der Waals surface area contributed by atoms with Gasteiger partial charge in [0.15, 0.2) is 0 Å². The number of nitrogens with one attached hydrogen (secondary N) is 1. The third kappa shape index (κ3) is 3.72. The van der Waals surface area contributed by atoms with Crippen molar-refractivity contribution in [3.8, 4) is 11.1 Å². The van der Waals surface area contributed by atoms with Gasteiger partial charge in [-0.2, -0.15) is 0 Å². The van der Waals surface area contributed by atoms with Crippen molar-refractivity contribution in [3.63, 3.8) is 0 Å². The molecule has 0 bridgehead atoms. The van der Waals surface area contributed by atoms with Crippen molar-refractivity contribution in [2.45, 2.75) is 19.6 Å². The Bertz CT molecular complexity index is 771. The molecule has 116 valence electrons. The van der Waals surface area contributed by atoms with Gasteiger partial charge in [-0.15, -0.1) is 0 Å². The van der Waals surface area contributed by atoms with Crippen LogP contribution in [0.5, 0.6) is 0 Å². The lowest BCUT2D eigenvalue weighted by atomic mass is 10.0. The molecule has 0 aliphatic rings. The van der Waals surface area contributed by atoms with Crippen LogP contribution in [-0.4, -0.2) is 8.07 Å². The average molecular weight is 318 g/mol. The Morgan fingerprint density at radius 2 is 1.26 bits per heavy atom. The van der Waals surface area contributed by atoms with Crippen LogP contribution >= 0.6 is 0 Å². The number of hydrogen-bond donors (Lipinski definition) is 1. The summed E-state index contributed by atoms with van der Waals surface area (Å²) in [5, 5.41) is 5.05.